The van der Waals surface area contributed by atoms with E-state index in [1.54, 1.807) is 6.21 Å². The second-order valence-corrected chi connectivity index (χ2v) is 4.55. The van der Waals surface area contributed by atoms with Gasteiger partial charge in [0.1, 0.15) is 7.05 Å². The van der Waals surface area contributed by atoms with Crippen molar-refractivity contribution in [3.8, 4) is 11.3 Å². The summed E-state index contributed by atoms with van der Waals surface area (Å²) in [6.45, 7) is 2.55. The van der Waals surface area contributed by atoms with E-state index in [1.165, 1.54) is 5.69 Å². The molecule has 5 heteroatoms. The van der Waals surface area contributed by atoms with Gasteiger partial charge in [0.25, 0.3) is 0 Å². The van der Waals surface area contributed by atoms with Crippen LogP contribution < -0.4 is 15.7 Å². The number of pyridine rings is 1. The highest BCUT2D eigenvalue weighted by Crippen LogP contribution is 2.14. The van der Waals surface area contributed by atoms with E-state index in [-0.39, 0.29) is 0 Å². The second kappa shape index (κ2) is 7.19. The Kier molecular flexibility index (Phi) is 5.04. The van der Waals surface area contributed by atoms with Crippen LogP contribution in [0, 0.1) is 0 Å². The van der Waals surface area contributed by atoms with Gasteiger partial charge >= 0.3 is 0 Å². The standard InChI is InChI=1S/C16H19N5/c1-3-18-16(17)20-19-12-13-7-9-14(10-8-13)15-6-4-5-11-21(15)2/h4-12H,3H2,1-2H3,(H2,17,18)/p+1. The molecular formula is C16H20N5+. The number of nitrogens with zero attached hydrogens (tertiary/aromatic N) is 3. The Morgan fingerprint density at radius 3 is 2.67 bits per heavy atom. The molecule has 2 rings (SSSR count). The fraction of sp³-hybridized carbons (Fsp3) is 0.188. The van der Waals surface area contributed by atoms with Crippen molar-refractivity contribution in [1.82, 2.24) is 5.43 Å². The van der Waals surface area contributed by atoms with Gasteiger partial charge < -0.3 is 5.73 Å². The summed E-state index contributed by atoms with van der Waals surface area (Å²) in [7, 11) is 2.03. The van der Waals surface area contributed by atoms with Crippen molar-refractivity contribution in [3.63, 3.8) is 0 Å². The molecule has 0 atom stereocenters. The summed E-state index contributed by atoms with van der Waals surface area (Å²) in [6.07, 6.45) is 3.75. The van der Waals surface area contributed by atoms with Gasteiger partial charge in [-0.15, -0.1) is 0 Å². The highest BCUT2D eigenvalue weighted by molar-refractivity contribution is 5.83. The number of rotatable bonds is 4. The summed E-state index contributed by atoms with van der Waals surface area (Å²) in [4.78, 5) is 3.99. The van der Waals surface area contributed by atoms with Gasteiger partial charge in [0.15, 0.2) is 6.20 Å². The van der Waals surface area contributed by atoms with Crippen LogP contribution in [-0.2, 0) is 7.05 Å². The SMILES string of the molecule is CCN=C(N)NN=Cc1ccc(-c2cccc[n+]2C)cc1. The molecule has 108 valence electrons. The lowest BCUT2D eigenvalue weighted by Crippen LogP contribution is -2.29. The number of aryl methyl sites for hydroxylation is 1. The molecule has 2 aromatic rings. The van der Waals surface area contributed by atoms with Crippen molar-refractivity contribution < 1.29 is 4.57 Å². The van der Waals surface area contributed by atoms with E-state index in [2.05, 4.69) is 38.3 Å². The van der Waals surface area contributed by atoms with Crippen molar-refractivity contribution >= 4 is 12.2 Å². The van der Waals surface area contributed by atoms with Crippen LogP contribution in [0.1, 0.15) is 12.5 Å². The molecule has 1 aromatic carbocycles. The average molecular weight is 282 g/mol. The van der Waals surface area contributed by atoms with Gasteiger partial charge in [-0.2, -0.15) is 5.10 Å². The fourth-order valence-corrected chi connectivity index (χ4v) is 1.94. The Bertz CT molecular complexity index is 644. The number of nitrogens with one attached hydrogen (secondary N) is 1. The molecule has 5 nitrogen and oxygen atoms in total. The smallest absolute Gasteiger partial charge is 0.212 e. The molecule has 0 radical (unpaired) electrons. The van der Waals surface area contributed by atoms with Crippen LogP contribution in [0.25, 0.3) is 11.3 Å². The minimum absolute atomic E-state index is 0.321. The number of benzene rings is 1. The van der Waals surface area contributed by atoms with E-state index in [0.717, 1.165) is 11.1 Å². The minimum Gasteiger partial charge on any atom is -0.369 e. The molecule has 0 amide bonds. The zero-order valence-corrected chi connectivity index (χ0v) is 12.3. The first-order valence-corrected chi connectivity index (χ1v) is 6.85. The van der Waals surface area contributed by atoms with Gasteiger partial charge in [-0.3, -0.25) is 4.99 Å². The summed E-state index contributed by atoms with van der Waals surface area (Å²) in [6, 6.07) is 14.3. The molecule has 0 fully saturated rings. The topological polar surface area (TPSA) is 66.6 Å². The van der Waals surface area contributed by atoms with E-state index in [0.29, 0.717) is 12.5 Å². The van der Waals surface area contributed by atoms with Gasteiger partial charge in [-0.25, -0.2) is 9.99 Å². The largest absolute Gasteiger partial charge is 0.369 e. The highest BCUT2D eigenvalue weighted by atomic mass is 15.3. The Balaban J connectivity index is 2.08. The van der Waals surface area contributed by atoms with Crippen LogP contribution in [-0.4, -0.2) is 18.7 Å². The van der Waals surface area contributed by atoms with Gasteiger partial charge in [-0.05, 0) is 30.7 Å². The summed E-state index contributed by atoms with van der Waals surface area (Å²) >= 11 is 0. The molecule has 0 saturated heterocycles. The van der Waals surface area contributed by atoms with Crippen LogP contribution in [0.3, 0.4) is 0 Å². The molecule has 1 aromatic heterocycles. The summed E-state index contributed by atoms with van der Waals surface area (Å²) < 4.78 is 2.09. The van der Waals surface area contributed by atoms with E-state index < -0.39 is 0 Å². The number of guanidine groups is 1. The molecule has 0 aliphatic heterocycles. The molecule has 0 saturated carbocycles. The van der Waals surface area contributed by atoms with Crippen molar-refractivity contribution in [3.05, 3.63) is 54.2 Å². The Morgan fingerprint density at radius 2 is 2.00 bits per heavy atom. The van der Waals surface area contributed by atoms with E-state index >= 15 is 0 Å². The molecule has 0 unspecified atom stereocenters. The lowest BCUT2D eigenvalue weighted by molar-refractivity contribution is -0.660. The van der Waals surface area contributed by atoms with Crippen LogP contribution >= 0.6 is 0 Å². The first kappa shape index (κ1) is 14.7. The maximum atomic E-state index is 5.59. The zero-order chi connectivity index (χ0) is 15.1. The number of aromatic nitrogens is 1. The molecular weight excluding hydrogens is 262 g/mol. The normalized spacial score (nSPS) is 11.8. The number of hydrogen-bond donors (Lipinski definition) is 2. The molecule has 0 spiro atoms. The maximum Gasteiger partial charge on any atom is 0.212 e. The number of hydrazone groups is 1. The highest BCUT2D eigenvalue weighted by Gasteiger charge is 2.07. The molecule has 3 N–H and O–H groups in total. The lowest BCUT2D eigenvalue weighted by atomic mass is 10.1. The summed E-state index contributed by atoms with van der Waals surface area (Å²) in [5.74, 6) is 0.321. The van der Waals surface area contributed by atoms with E-state index in [1.807, 2.05) is 44.4 Å². The fourth-order valence-electron chi connectivity index (χ4n) is 1.94. The predicted molar refractivity (Wildman–Crippen MR) is 85.9 cm³/mol. The van der Waals surface area contributed by atoms with Crippen LogP contribution in [0.2, 0.25) is 0 Å². The Hall–Kier alpha value is -2.69. The molecule has 1 heterocycles. The molecule has 0 aliphatic rings. The number of nitrogens with two attached hydrogens (primary N) is 1. The third-order valence-corrected chi connectivity index (χ3v) is 2.98. The average Bonchev–Trinajstić information content (AvgIpc) is 2.49. The van der Waals surface area contributed by atoms with Gasteiger partial charge in [0.05, 0.1) is 6.21 Å². The van der Waals surface area contributed by atoms with Crippen molar-refractivity contribution in [2.75, 3.05) is 6.54 Å². The summed E-state index contributed by atoms with van der Waals surface area (Å²) in [5.41, 5.74) is 11.6. The first-order valence-electron chi connectivity index (χ1n) is 6.85. The van der Waals surface area contributed by atoms with Crippen molar-refractivity contribution in [2.45, 2.75) is 6.92 Å². The second-order valence-electron chi connectivity index (χ2n) is 4.55. The third-order valence-electron chi connectivity index (χ3n) is 2.98. The Morgan fingerprint density at radius 1 is 1.24 bits per heavy atom. The van der Waals surface area contributed by atoms with Gasteiger partial charge in [0.2, 0.25) is 11.7 Å². The van der Waals surface area contributed by atoms with Crippen LogP contribution in [0.4, 0.5) is 0 Å². The van der Waals surface area contributed by atoms with Crippen molar-refractivity contribution in [2.24, 2.45) is 22.9 Å². The maximum absolute atomic E-state index is 5.59. The minimum atomic E-state index is 0.321. The Labute approximate surface area is 124 Å². The monoisotopic (exact) mass is 282 g/mol. The number of hydrogen-bond acceptors (Lipinski definition) is 2. The molecule has 21 heavy (non-hydrogen) atoms. The van der Waals surface area contributed by atoms with E-state index in [4.69, 9.17) is 5.73 Å². The van der Waals surface area contributed by atoms with Crippen molar-refractivity contribution in [1.29, 1.82) is 0 Å². The van der Waals surface area contributed by atoms with Gasteiger partial charge in [0, 0.05) is 24.2 Å². The first-order chi connectivity index (χ1) is 10.2. The summed E-state index contributed by atoms with van der Waals surface area (Å²) in [5, 5.41) is 4.04. The number of aliphatic imine (C=N–C) groups is 1. The van der Waals surface area contributed by atoms with E-state index in [9.17, 15) is 0 Å². The zero-order valence-electron chi connectivity index (χ0n) is 12.3. The lowest BCUT2D eigenvalue weighted by Gasteiger charge is -2.01. The quantitative estimate of drug-likeness (QED) is 0.386. The molecule has 0 bridgehead atoms. The third kappa shape index (κ3) is 4.14. The van der Waals surface area contributed by atoms with Crippen LogP contribution in [0.15, 0.2) is 58.8 Å². The predicted octanol–water partition coefficient (Wildman–Crippen LogP) is 1.44. The van der Waals surface area contributed by atoms with Gasteiger partial charge in [-0.1, -0.05) is 12.1 Å². The molecule has 0 aliphatic carbocycles. The van der Waals surface area contributed by atoms with Crippen LogP contribution in [0.5, 0.6) is 0 Å².